The Morgan fingerprint density at radius 1 is 1.35 bits per heavy atom. The number of halogens is 1. The quantitative estimate of drug-likeness (QED) is 0.823. The van der Waals surface area contributed by atoms with Gasteiger partial charge in [0.05, 0.1) is 11.6 Å². The Morgan fingerprint density at radius 3 is 2.52 bits per heavy atom. The molecule has 2 rings (SSSR count). The lowest BCUT2D eigenvalue weighted by Crippen LogP contribution is -2.39. The molecule has 0 spiro atoms. The summed E-state index contributed by atoms with van der Waals surface area (Å²) in [5.74, 6) is -0.353. The number of nitriles is 1. The van der Waals surface area contributed by atoms with E-state index in [-0.39, 0.29) is 10.5 Å². The topological polar surface area (TPSA) is 64.4 Å². The molecule has 23 heavy (non-hydrogen) atoms. The van der Waals surface area contributed by atoms with Crippen LogP contribution in [0.15, 0.2) is 23.1 Å². The van der Waals surface area contributed by atoms with Crippen molar-refractivity contribution in [1.29, 1.82) is 5.26 Å². The fourth-order valence-electron chi connectivity index (χ4n) is 2.80. The summed E-state index contributed by atoms with van der Waals surface area (Å²) in [6.45, 7) is 1.82. The Hall–Kier alpha value is -1.49. The second-order valence-electron chi connectivity index (χ2n) is 6.20. The Labute approximate surface area is 137 Å². The zero-order chi connectivity index (χ0) is 17.0. The van der Waals surface area contributed by atoms with Crippen LogP contribution >= 0.6 is 0 Å². The lowest BCUT2D eigenvalue weighted by Gasteiger charge is -2.31. The van der Waals surface area contributed by atoms with Crippen molar-refractivity contribution in [3.8, 4) is 6.07 Å². The monoisotopic (exact) mass is 339 g/mol. The SMILES string of the molecule is CN(C)CCC1CCN(S(=O)(=O)c2ccc(C#N)cc2F)CC1. The molecular formula is C16H22FN3O2S. The highest BCUT2D eigenvalue weighted by Gasteiger charge is 2.31. The fourth-order valence-corrected chi connectivity index (χ4v) is 4.31. The molecule has 7 heteroatoms. The van der Waals surface area contributed by atoms with Gasteiger partial charge in [0.25, 0.3) is 0 Å². The van der Waals surface area contributed by atoms with Crippen molar-refractivity contribution in [3.05, 3.63) is 29.6 Å². The van der Waals surface area contributed by atoms with Crippen molar-refractivity contribution in [2.24, 2.45) is 5.92 Å². The predicted molar refractivity (Wildman–Crippen MR) is 85.8 cm³/mol. The molecule has 0 saturated carbocycles. The number of sulfonamides is 1. The zero-order valence-electron chi connectivity index (χ0n) is 13.5. The van der Waals surface area contributed by atoms with E-state index in [0.717, 1.165) is 31.9 Å². The molecule has 1 aromatic rings. The average Bonchev–Trinajstić information content (AvgIpc) is 2.52. The smallest absolute Gasteiger partial charge is 0.245 e. The van der Waals surface area contributed by atoms with E-state index in [0.29, 0.717) is 19.0 Å². The van der Waals surface area contributed by atoms with Gasteiger partial charge in [0, 0.05) is 13.1 Å². The molecule has 0 bridgehead atoms. The summed E-state index contributed by atoms with van der Waals surface area (Å²) in [6.07, 6.45) is 2.64. The van der Waals surface area contributed by atoms with Gasteiger partial charge < -0.3 is 4.90 Å². The first-order valence-corrected chi connectivity index (χ1v) is 9.13. The second kappa shape index (κ2) is 7.39. The van der Waals surface area contributed by atoms with Gasteiger partial charge in [0.2, 0.25) is 10.0 Å². The lowest BCUT2D eigenvalue weighted by atomic mass is 9.94. The van der Waals surface area contributed by atoms with Crippen LogP contribution in [0.2, 0.25) is 0 Å². The first-order valence-electron chi connectivity index (χ1n) is 7.69. The molecule has 5 nitrogen and oxygen atoms in total. The molecule has 0 aromatic heterocycles. The van der Waals surface area contributed by atoms with Gasteiger partial charge in [-0.15, -0.1) is 0 Å². The van der Waals surface area contributed by atoms with Crippen LogP contribution in [0, 0.1) is 23.1 Å². The molecule has 1 aliphatic rings. The van der Waals surface area contributed by atoms with Crippen molar-refractivity contribution in [3.63, 3.8) is 0 Å². The number of hydrogen-bond donors (Lipinski definition) is 0. The van der Waals surface area contributed by atoms with E-state index in [1.165, 1.54) is 16.4 Å². The lowest BCUT2D eigenvalue weighted by molar-refractivity contribution is 0.243. The molecule has 126 valence electrons. The van der Waals surface area contributed by atoms with Gasteiger partial charge in [-0.2, -0.15) is 9.57 Å². The Bertz CT molecular complexity index is 690. The number of piperidine rings is 1. The average molecular weight is 339 g/mol. The molecule has 0 radical (unpaired) electrons. The largest absolute Gasteiger partial charge is 0.309 e. The maximum atomic E-state index is 14.0. The first kappa shape index (κ1) is 17.9. The molecule has 0 atom stereocenters. The van der Waals surface area contributed by atoms with E-state index in [1.807, 2.05) is 14.1 Å². The predicted octanol–water partition coefficient (Wildman–Crippen LogP) is 2.05. The van der Waals surface area contributed by atoms with Crippen molar-refractivity contribution in [2.45, 2.75) is 24.2 Å². The highest BCUT2D eigenvalue weighted by Crippen LogP contribution is 2.27. The van der Waals surface area contributed by atoms with Crippen LogP contribution < -0.4 is 0 Å². The Morgan fingerprint density at radius 2 is 2.00 bits per heavy atom. The van der Waals surface area contributed by atoms with Crippen LogP contribution in [-0.4, -0.2) is 51.4 Å². The van der Waals surface area contributed by atoms with Gasteiger partial charge in [-0.3, -0.25) is 0 Å². The van der Waals surface area contributed by atoms with Crippen LogP contribution in [0.25, 0.3) is 0 Å². The van der Waals surface area contributed by atoms with Crippen LogP contribution in [0.1, 0.15) is 24.8 Å². The van der Waals surface area contributed by atoms with Crippen LogP contribution in [-0.2, 0) is 10.0 Å². The van der Waals surface area contributed by atoms with Gasteiger partial charge in [-0.1, -0.05) is 0 Å². The van der Waals surface area contributed by atoms with Crippen molar-refractivity contribution in [2.75, 3.05) is 33.7 Å². The molecule has 0 amide bonds. The summed E-state index contributed by atoms with van der Waals surface area (Å²) in [5.41, 5.74) is 0.115. The van der Waals surface area contributed by atoms with Gasteiger partial charge >= 0.3 is 0 Å². The summed E-state index contributed by atoms with van der Waals surface area (Å²) in [7, 11) is 0.208. The van der Waals surface area contributed by atoms with Crippen molar-refractivity contribution >= 4 is 10.0 Å². The molecule has 0 aliphatic carbocycles. The number of nitrogens with zero attached hydrogens (tertiary/aromatic N) is 3. The minimum absolute atomic E-state index is 0.115. The molecular weight excluding hydrogens is 317 g/mol. The highest BCUT2D eigenvalue weighted by molar-refractivity contribution is 7.89. The van der Waals surface area contributed by atoms with Crippen LogP contribution in [0.4, 0.5) is 4.39 Å². The van der Waals surface area contributed by atoms with Crippen LogP contribution in [0.3, 0.4) is 0 Å². The summed E-state index contributed by atoms with van der Waals surface area (Å²) >= 11 is 0. The Balaban J connectivity index is 2.06. The summed E-state index contributed by atoms with van der Waals surface area (Å²) < 4.78 is 40.5. The standard InChI is InChI=1S/C16H22FN3O2S/c1-19(2)8-5-13-6-9-20(10-7-13)23(21,22)16-4-3-14(12-18)11-15(16)17/h3-4,11,13H,5-10H2,1-2H3. The molecule has 1 fully saturated rings. The number of hydrogen-bond acceptors (Lipinski definition) is 4. The van der Waals surface area contributed by atoms with E-state index in [2.05, 4.69) is 4.90 Å². The van der Waals surface area contributed by atoms with E-state index in [1.54, 1.807) is 6.07 Å². The van der Waals surface area contributed by atoms with E-state index in [9.17, 15) is 12.8 Å². The summed E-state index contributed by atoms with van der Waals surface area (Å²) in [5, 5.41) is 8.74. The van der Waals surface area contributed by atoms with Gasteiger partial charge in [0.1, 0.15) is 10.7 Å². The highest BCUT2D eigenvalue weighted by atomic mass is 32.2. The van der Waals surface area contributed by atoms with Gasteiger partial charge in [-0.05, 0) is 64.0 Å². The van der Waals surface area contributed by atoms with Crippen LogP contribution in [0.5, 0.6) is 0 Å². The van der Waals surface area contributed by atoms with Gasteiger partial charge in [-0.25, -0.2) is 12.8 Å². The zero-order valence-corrected chi connectivity index (χ0v) is 14.3. The fraction of sp³-hybridized carbons (Fsp3) is 0.562. The summed E-state index contributed by atoms with van der Waals surface area (Å²) in [6, 6.07) is 5.29. The summed E-state index contributed by atoms with van der Waals surface area (Å²) in [4.78, 5) is 1.78. The van der Waals surface area contributed by atoms with E-state index in [4.69, 9.17) is 5.26 Å². The normalized spacial score (nSPS) is 17.3. The molecule has 1 saturated heterocycles. The third kappa shape index (κ3) is 4.28. The minimum Gasteiger partial charge on any atom is -0.309 e. The molecule has 0 N–H and O–H groups in total. The third-order valence-electron chi connectivity index (χ3n) is 4.24. The van der Waals surface area contributed by atoms with Crippen molar-refractivity contribution < 1.29 is 12.8 Å². The van der Waals surface area contributed by atoms with Crippen molar-refractivity contribution in [1.82, 2.24) is 9.21 Å². The number of rotatable bonds is 5. The maximum absolute atomic E-state index is 14.0. The maximum Gasteiger partial charge on any atom is 0.245 e. The minimum atomic E-state index is -3.83. The molecule has 0 unspecified atom stereocenters. The van der Waals surface area contributed by atoms with E-state index < -0.39 is 15.8 Å². The van der Waals surface area contributed by atoms with E-state index >= 15 is 0 Å². The van der Waals surface area contributed by atoms with Gasteiger partial charge in [0.15, 0.2) is 0 Å². The second-order valence-corrected chi connectivity index (χ2v) is 8.10. The molecule has 1 aliphatic heterocycles. The molecule has 1 heterocycles. The number of benzene rings is 1. The molecule has 1 aromatic carbocycles. The Kier molecular flexibility index (Phi) is 5.74. The third-order valence-corrected chi connectivity index (χ3v) is 6.17. The first-order chi connectivity index (χ1) is 10.8.